The maximum Gasteiger partial charge on any atom is 0.236 e. The Morgan fingerprint density at radius 2 is 2.11 bits per heavy atom. The third-order valence-corrected chi connectivity index (χ3v) is 3.70. The molecule has 1 N–H and O–H groups in total. The van der Waals surface area contributed by atoms with Gasteiger partial charge in [-0.1, -0.05) is 42.4 Å². The number of hydrogen-bond acceptors (Lipinski definition) is 5. The Hall–Kier alpha value is -1.33. The van der Waals surface area contributed by atoms with Crippen LogP contribution in [0.25, 0.3) is 11.4 Å². The highest BCUT2D eigenvalue weighted by atomic mass is 32.2. The largest absolute Gasteiger partial charge is 0.396 e. The van der Waals surface area contributed by atoms with E-state index in [4.69, 9.17) is 9.63 Å². The summed E-state index contributed by atoms with van der Waals surface area (Å²) in [4.78, 5) is 4.34. The normalized spacial score (nSPS) is 12.6. The van der Waals surface area contributed by atoms with Crippen molar-refractivity contribution in [2.75, 3.05) is 12.4 Å². The fourth-order valence-corrected chi connectivity index (χ4v) is 2.34. The first-order valence-corrected chi connectivity index (χ1v) is 7.01. The zero-order chi connectivity index (χ0) is 12.8. The molecule has 0 fully saturated rings. The van der Waals surface area contributed by atoms with E-state index in [9.17, 15) is 0 Å². The Morgan fingerprint density at radius 1 is 1.33 bits per heavy atom. The van der Waals surface area contributed by atoms with Crippen LogP contribution >= 0.6 is 11.8 Å². The Morgan fingerprint density at radius 3 is 2.83 bits per heavy atom. The minimum Gasteiger partial charge on any atom is -0.396 e. The first-order chi connectivity index (χ1) is 8.79. The summed E-state index contributed by atoms with van der Waals surface area (Å²) in [6.45, 7) is 2.22. The van der Waals surface area contributed by atoms with E-state index in [-0.39, 0.29) is 6.61 Å². The molecule has 1 aromatic heterocycles. The van der Waals surface area contributed by atoms with Gasteiger partial charge in [-0.2, -0.15) is 16.7 Å². The first kappa shape index (κ1) is 13.1. The molecule has 1 atom stereocenters. The average Bonchev–Trinajstić information content (AvgIpc) is 2.88. The fraction of sp³-hybridized carbons (Fsp3) is 0.385. The zero-order valence-electron chi connectivity index (χ0n) is 10.2. The third kappa shape index (κ3) is 3.58. The lowest BCUT2D eigenvalue weighted by Gasteiger charge is -2.04. The van der Waals surface area contributed by atoms with Gasteiger partial charge in [0.25, 0.3) is 0 Å². The maximum atomic E-state index is 8.92. The summed E-state index contributed by atoms with van der Waals surface area (Å²) in [6, 6.07) is 9.76. The van der Waals surface area contributed by atoms with E-state index < -0.39 is 0 Å². The quantitative estimate of drug-likeness (QED) is 0.869. The molecule has 0 aliphatic heterocycles. The van der Waals surface area contributed by atoms with Gasteiger partial charge < -0.3 is 9.63 Å². The van der Waals surface area contributed by atoms with Gasteiger partial charge in [0.2, 0.25) is 11.7 Å². The molecule has 96 valence electrons. The Balaban J connectivity index is 1.91. The van der Waals surface area contributed by atoms with E-state index in [1.165, 1.54) is 0 Å². The van der Waals surface area contributed by atoms with Gasteiger partial charge >= 0.3 is 0 Å². The fourth-order valence-electron chi connectivity index (χ4n) is 1.42. The van der Waals surface area contributed by atoms with Crippen LogP contribution in [0.3, 0.4) is 0 Å². The summed E-state index contributed by atoms with van der Waals surface area (Å²) >= 11 is 1.69. The van der Waals surface area contributed by atoms with Gasteiger partial charge in [0.15, 0.2) is 0 Å². The first-order valence-electron chi connectivity index (χ1n) is 5.86. The highest BCUT2D eigenvalue weighted by Crippen LogP contribution is 2.18. The third-order valence-electron chi connectivity index (χ3n) is 2.44. The lowest BCUT2D eigenvalue weighted by atomic mass is 10.2. The second-order valence-electron chi connectivity index (χ2n) is 4.18. The Labute approximate surface area is 110 Å². The number of hydrogen-bond donors (Lipinski definition) is 1. The van der Waals surface area contributed by atoms with Crippen molar-refractivity contribution in [2.24, 2.45) is 5.92 Å². The molecule has 2 aromatic rings. The van der Waals surface area contributed by atoms with Crippen LogP contribution in [0, 0.1) is 5.92 Å². The van der Waals surface area contributed by atoms with E-state index in [1.807, 2.05) is 37.3 Å². The van der Waals surface area contributed by atoms with Crippen LogP contribution < -0.4 is 0 Å². The highest BCUT2D eigenvalue weighted by molar-refractivity contribution is 7.98. The molecule has 1 heterocycles. The molecular formula is C13H16N2O2S. The number of aliphatic hydroxyl groups excluding tert-OH is 1. The van der Waals surface area contributed by atoms with Gasteiger partial charge in [0.05, 0.1) is 5.75 Å². The van der Waals surface area contributed by atoms with Crippen LogP contribution in [0.5, 0.6) is 0 Å². The minimum absolute atomic E-state index is 0.214. The lowest BCUT2D eigenvalue weighted by Crippen LogP contribution is -2.03. The predicted molar refractivity (Wildman–Crippen MR) is 72.1 cm³/mol. The van der Waals surface area contributed by atoms with Crippen molar-refractivity contribution in [1.29, 1.82) is 0 Å². The number of aliphatic hydroxyl groups is 1. The minimum atomic E-state index is 0.214. The summed E-state index contributed by atoms with van der Waals surface area (Å²) in [6.07, 6.45) is 0. The summed E-state index contributed by atoms with van der Waals surface area (Å²) in [5, 5.41) is 12.9. The molecule has 0 amide bonds. The van der Waals surface area contributed by atoms with Crippen molar-refractivity contribution >= 4 is 11.8 Å². The second-order valence-corrected chi connectivity index (χ2v) is 5.21. The van der Waals surface area contributed by atoms with E-state index >= 15 is 0 Å². The van der Waals surface area contributed by atoms with Crippen molar-refractivity contribution in [3.05, 3.63) is 36.2 Å². The molecular weight excluding hydrogens is 248 g/mol. The molecule has 1 unspecified atom stereocenters. The molecule has 0 saturated carbocycles. The number of aromatic nitrogens is 2. The van der Waals surface area contributed by atoms with Crippen LogP contribution in [-0.2, 0) is 5.75 Å². The molecule has 1 aromatic carbocycles. The van der Waals surface area contributed by atoms with Gasteiger partial charge in [-0.25, -0.2) is 0 Å². The number of thioether (sulfide) groups is 1. The second kappa shape index (κ2) is 6.56. The monoisotopic (exact) mass is 264 g/mol. The Bertz CT molecular complexity index is 473. The van der Waals surface area contributed by atoms with E-state index in [1.54, 1.807) is 11.8 Å². The van der Waals surface area contributed by atoms with Crippen LogP contribution in [0.4, 0.5) is 0 Å². The maximum absolute atomic E-state index is 8.92. The summed E-state index contributed by atoms with van der Waals surface area (Å²) in [5.74, 6) is 3.13. The van der Waals surface area contributed by atoms with Gasteiger partial charge in [0, 0.05) is 12.2 Å². The van der Waals surface area contributed by atoms with Crippen molar-refractivity contribution < 1.29 is 9.63 Å². The molecule has 2 rings (SSSR count). The van der Waals surface area contributed by atoms with Gasteiger partial charge in [-0.3, -0.25) is 0 Å². The molecule has 4 nitrogen and oxygen atoms in total. The van der Waals surface area contributed by atoms with Crippen molar-refractivity contribution in [3.63, 3.8) is 0 Å². The smallest absolute Gasteiger partial charge is 0.236 e. The molecule has 0 radical (unpaired) electrons. The number of rotatable bonds is 6. The molecule has 0 aliphatic rings. The average molecular weight is 264 g/mol. The van der Waals surface area contributed by atoms with E-state index in [2.05, 4.69) is 10.1 Å². The molecule has 0 bridgehead atoms. The van der Waals surface area contributed by atoms with E-state index in [0.29, 0.717) is 23.4 Å². The van der Waals surface area contributed by atoms with Gasteiger partial charge in [0.1, 0.15) is 0 Å². The topological polar surface area (TPSA) is 59.2 Å². The number of benzene rings is 1. The molecule has 0 saturated heterocycles. The Kier molecular flexibility index (Phi) is 4.78. The van der Waals surface area contributed by atoms with Crippen molar-refractivity contribution in [2.45, 2.75) is 12.7 Å². The van der Waals surface area contributed by atoms with E-state index in [0.717, 1.165) is 11.3 Å². The van der Waals surface area contributed by atoms with Crippen LogP contribution in [-0.4, -0.2) is 27.6 Å². The van der Waals surface area contributed by atoms with Crippen LogP contribution in [0.1, 0.15) is 12.8 Å². The SMILES string of the molecule is CC(CO)CSCc1nc(-c2ccccc2)no1. The van der Waals surface area contributed by atoms with Crippen LogP contribution in [0.15, 0.2) is 34.9 Å². The molecule has 18 heavy (non-hydrogen) atoms. The number of nitrogens with zero attached hydrogens (tertiary/aromatic N) is 2. The summed E-state index contributed by atoms with van der Waals surface area (Å²) in [7, 11) is 0. The standard InChI is InChI=1S/C13H16N2O2S/c1-10(7-16)8-18-9-12-14-13(15-17-12)11-5-3-2-4-6-11/h2-6,10,16H,7-9H2,1H3. The zero-order valence-corrected chi connectivity index (χ0v) is 11.1. The van der Waals surface area contributed by atoms with Gasteiger partial charge in [-0.15, -0.1) is 0 Å². The van der Waals surface area contributed by atoms with Crippen molar-refractivity contribution in [3.8, 4) is 11.4 Å². The highest BCUT2D eigenvalue weighted by Gasteiger charge is 2.08. The summed E-state index contributed by atoms with van der Waals surface area (Å²) in [5.41, 5.74) is 0.959. The predicted octanol–water partition coefficient (Wildman–Crippen LogP) is 2.60. The van der Waals surface area contributed by atoms with Crippen molar-refractivity contribution in [1.82, 2.24) is 10.1 Å². The van der Waals surface area contributed by atoms with Gasteiger partial charge in [-0.05, 0) is 11.7 Å². The summed E-state index contributed by atoms with van der Waals surface area (Å²) < 4.78 is 5.19. The van der Waals surface area contributed by atoms with Crippen LogP contribution in [0.2, 0.25) is 0 Å². The lowest BCUT2D eigenvalue weighted by molar-refractivity contribution is 0.250. The molecule has 0 spiro atoms. The molecule has 0 aliphatic carbocycles. The molecule has 5 heteroatoms.